The summed E-state index contributed by atoms with van der Waals surface area (Å²) in [5, 5.41) is 8.86. The lowest BCUT2D eigenvalue weighted by Gasteiger charge is -2.08. The van der Waals surface area contributed by atoms with Gasteiger partial charge in [0.05, 0.1) is 11.6 Å². The first-order chi connectivity index (χ1) is 7.67. The van der Waals surface area contributed by atoms with Crippen molar-refractivity contribution < 1.29 is 4.39 Å². The molecule has 1 unspecified atom stereocenters. The summed E-state index contributed by atoms with van der Waals surface area (Å²) >= 11 is 1.63. The van der Waals surface area contributed by atoms with E-state index in [1.54, 1.807) is 11.8 Å². The van der Waals surface area contributed by atoms with Crippen molar-refractivity contribution in [1.82, 2.24) is 0 Å². The monoisotopic (exact) mass is 238 g/mol. The molecular formula is C12H15FN2S. The van der Waals surface area contributed by atoms with Gasteiger partial charge in [-0.25, -0.2) is 4.39 Å². The fraction of sp³-hybridized carbons (Fsp3) is 0.417. The average molecular weight is 238 g/mol. The smallest absolute Gasteiger partial charge is 0.123 e. The molecule has 1 aromatic carbocycles. The Morgan fingerprint density at radius 2 is 2.31 bits per heavy atom. The van der Waals surface area contributed by atoms with Crippen LogP contribution in [0.2, 0.25) is 0 Å². The molecule has 0 aliphatic heterocycles. The van der Waals surface area contributed by atoms with Crippen LogP contribution in [0.3, 0.4) is 0 Å². The second-order valence-corrected chi connectivity index (χ2v) is 4.63. The minimum atomic E-state index is -0.297. The second-order valence-electron chi connectivity index (χ2n) is 3.60. The first-order valence-electron chi connectivity index (χ1n) is 5.19. The Hall–Kier alpha value is -1.05. The van der Waals surface area contributed by atoms with Crippen LogP contribution in [0.25, 0.3) is 0 Å². The summed E-state index contributed by atoms with van der Waals surface area (Å²) in [4.78, 5) is 0. The van der Waals surface area contributed by atoms with E-state index in [2.05, 4.69) is 6.07 Å². The van der Waals surface area contributed by atoms with Gasteiger partial charge in [-0.1, -0.05) is 6.92 Å². The Labute approximate surface area is 99.6 Å². The average Bonchev–Trinajstić information content (AvgIpc) is 2.29. The molecule has 1 aromatic rings. The number of rotatable bonds is 5. The zero-order chi connectivity index (χ0) is 12.0. The summed E-state index contributed by atoms with van der Waals surface area (Å²) in [7, 11) is 0. The molecule has 0 spiro atoms. The van der Waals surface area contributed by atoms with Gasteiger partial charge in [0.25, 0.3) is 0 Å². The Kier molecular flexibility index (Phi) is 5.30. The third kappa shape index (κ3) is 3.84. The van der Waals surface area contributed by atoms with E-state index < -0.39 is 0 Å². The van der Waals surface area contributed by atoms with Crippen LogP contribution in [-0.4, -0.2) is 11.8 Å². The SMILES string of the molecule is CCC(N)CSCc1cc(F)ccc1C#N. The summed E-state index contributed by atoms with van der Waals surface area (Å²) in [5.74, 6) is 1.17. The Bertz CT molecular complexity index is 387. The lowest BCUT2D eigenvalue weighted by molar-refractivity contribution is 0.626. The van der Waals surface area contributed by atoms with Crippen LogP contribution in [0.5, 0.6) is 0 Å². The van der Waals surface area contributed by atoms with Crippen LogP contribution < -0.4 is 5.73 Å². The highest BCUT2D eigenvalue weighted by Crippen LogP contribution is 2.18. The van der Waals surface area contributed by atoms with E-state index in [0.717, 1.165) is 17.7 Å². The van der Waals surface area contributed by atoms with Gasteiger partial charge in [0.2, 0.25) is 0 Å². The quantitative estimate of drug-likeness (QED) is 0.858. The number of nitrogens with two attached hydrogens (primary N) is 1. The van der Waals surface area contributed by atoms with Crippen LogP contribution in [-0.2, 0) is 5.75 Å². The molecule has 0 bridgehead atoms. The van der Waals surface area contributed by atoms with Gasteiger partial charge in [0.1, 0.15) is 5.82 Å². The molecule has 0 fully saturated rings. The van der Waals surface area contributed by atoms with Crippen LogP contribution in [0.15, 0.2) is 18.2 Å². The predicted molar refractivity (Wildman–Crippen MR) is 65.5 cm³/mol. The molecule has 2 N–H and O–H groups in total. The zero-order valence-corrected chi connectivity index (χ0v) is 10.1. The van der Waals surface area contributed by atoms with Gasteiger partial charge in [0.15, 0.2) is 0 Å². The summed E-state index contributed by atoms with van der Waals surface area (Å²) in [6, 6.07) is 6.48. The van der Waals surface area contributed by atoms with Crippen molar-refractivity contribution in [3.05, 3.63) is 35.1 Å². The van der Waals surface area contributed by atoms with Crippen LogP contribution in [0, 0.1) is 17.1 Å². The first kappa shape index (κ1) is 13.0. The molecule has 0 aliphatic rings. The van der Waals surface area contributed by atoms with Crippen molar-refractivity contribution in [2.24, 2.45) is 5.73 Å². The van der Waals surface area contributed by atoms with Crippen molar-refractivity contribution in [2.75, 3.05) is 5.75 Å². The second kappa shape index (κ2) is 6.51. The van der Waals surface area contributed by atoms with E-state index >= 15 is 0 Å². The standard InChI is InChI=1S/C12H15FN2S/c1-2-12(15)8-16-7-10-5-11(13)4-3-9(10)6-14/h3-5,12H,2,7-8,15H2,1H3. The fourth-order valence-electron chi connectivity index (χ4n) is 1.23. The summed E-state index contributed by atoms with van der Waals surface area (Å²) in [6.45, 7) is 2.04. The normalized spacial score (nSPS) is 12.1. The fourth-order valence-corrected chi connectivity index (χ4v) is 2.34. The van der Waals surface area contributed by atoms with Crippen molar-refractivity contribution in [3.8, 4) is 6.07 Å². The Morgan fingerprint density at radius 1 is 1.56 bits per heavy atom. The molecule has 4 heteroatoms. The van der Waals surface area contributed by atoms with E-state index in [4.69, 9.17) is 11.0 Å². The van der Waals surface area contributed by atoms with Gasteiger partial charge in [-0.2, -0.15) is 17.0 Å². The van der Waals surface area contributed by atoms with E-state index in [1.807, 2.05) is 6.92 Å². The first-order valence-corrected chi connectivity index (χ1v) is 6.34. The van der Waals surface area contributed by atoms with Gasteiger partial charge in [0, 0.05) is 17.5 Å². The highest BCUT2D eigenvalue weighted by Gasteiger charge is 2.05. The largest absolute Gasteiger partial charge is 0.327 e. The minimum Gasteiger partial charge on any atom is -0.327 e. The summed E-state index contributed by atoms with van der Waals surface area (Å²) in [6.07, 6.45) is 0.932. The van der Waals surface area contributed by atoms with Gasteiger partial charge < -0.3 is 5.73 Å². The maximum Gasteiger partial charge on any atom is 0.123 e. The van der Waals surface area contributed by atoms with Crippen LogP contribution >= 0.6 is 11.8 Å². The van der Waals surface area contributed by atoms with E-state index in [-0.39, 0.29) is 11.9 Å². The third-order valence-corrected chi connectivity index (χ3v) is 3.48. The number of hydrogen-bond donors (Lipinski definition) is 1. The Balaban J connectivity index is 2.59. The summed E-state index contributed by atoms with van der Waals surface area (Å²) < 4.78 is 13.0. The van der Waals surface area contributed by atoms with E-state index in [1.165, 1.54) is 18.2 Å². The number of benzene rings is 1. The molecule has 1 rings (SSSR count). The number of thioether (sulfide) groups is 1. The van der Waals surface area contributed by atoms with Gasteiger partial charge >= 0.3 is 0 Å². The minimum absolute atomic E-state index is 0.170. The maximum atomic E-state index is 13.0. The third-order valence-electron chi connectivity index (χ3n) is 2.30. The lowest BCUT2D eigenvalue weighted by Crippen LogP contribution is -2.21. The Morgan fingerprint density at radius 3 is 2.94 bits per heavy atom. The molecule has 2 nitrogen and oxygen atoms in total. The van der Waals surface area contributed by atoms with Crippen LogP contribution in [0.4, 0.5) is 4.39 Å². The highest BCUT2D eigenvalue weighted by molar-refractivity contribution is 7.98. The molecular weight excluding hydrogens is 223 g/mol. The van der Waals surface area contributed by atoms with Crippen molar-refractivity contribution in [3.63, 3.8) is 0 Å². The van der Waals surface area contributed by atoms with Crippen molar-refractivity contribution >= 4 is 11.8 Å². The highest BCUT2D eigenvalue weighted by atomic mass is 32.2. The molecule has 1 atom stereocenters. The van der Waals surface area contributed by atoms with Gasteiger partial charge in [-0.05, 0) is 30.2 Å². The zero-order valence-electron chi connectivity index (χ0n) is 9.24. The molecule has 16 heavy (non-hydrogen) atoms. The molecule has 0 aliphatic carbocycles. The molecule has 0 amide bonds. The number of nitrogens with zero attached hydrogens (tertiary/aromatic N) is 1. The van der Waals surface area contributed by atoms with E-state index in [0.29, 0.717) is 11.3 Å². The number of hydrogen-bond acceptors (Lipinski definition) is 3. The molecule has 86 valence electrons. The molecule has 0 saturated carbocycles. The van der Waals surface area contributed by atoms with E-state index in [9.17, 15) is 4.39 Å². The molecule has 0 heterocycles. The molecule has 0 aromatic heterocycles. The predicted octanol–water partition coefficient (Wildman–Crippen LogP) is 2.67. The molecule has 0 saturated heterocycles. The number of halogens is 1. The van der Waals surface area contributed by atoms with Crippen molar-refractivity contribution in [1.29, 1.82) is 5.26 Å². The van der Waals surface area contributed by atoms with Crippen molar-refractivity contribution in [2.45, 2.75) is 25.1 Å². The van der Waals surface area contributed by atoms with Gasteiger partial charge in [-0.15, -0.1) is 0 Å². The topological polar surface area (TPSA) is 49.8 Å². The number of nitriles is 1. The maximum absolute atomic E-state index is 13.0. The van der Waals surface area contributed by atoms with Crippen LogP contribution in [0.1, 0.15) is 24.5 Å². The van der Waals surface area contributed by atoms with Gasteiger partial charge in [-0.3, -0.25) is 0 Å². The lowest BCUT2D eigenvalue weighted by atomic mass is 10.1. The summed E-state index contributed by atoms with van der Waals surface area (Å²) in [5.41, 5.74) is 7.06. The molecule has 0 radical (unpaired) electrons.